The fourth-order valence-corrected chi connectivity index (χ4v) is 2.40. The molecule has 1 aromatic heterocycles. The van der Waals surface area contributed by atoms with Gasteiger partial charge >= 0.3 is 0 Å². The van der Waals surface area contributed by atoms with Crippen LogP contribution >= 0.6 is 0 Å². The molecule has 1 aromatic rings. The quantitative estimate of drug-likeness (QED) is 0.805. The highest BCUT2D eigenvalue weighted by atomic mass is 16.2. The molecule has 1 saturated carbocycles. The zero-order valence-corrected chi connectivity index (χ0v) is 10.8. The molecule has 0 aromatic carbocycles. The number of carbonyl (C=O) groups excluding carboxylic acids is 2. The van der Waals surface area contributed by atoms with E-state index in [1.807, 2.05) is 0 Å². The summed E-state index contributed by atoms with van der Waals surface area (Å²) in [5.41, 5.74) is 0. The van der Waals surface area contributed by atoms with Crippen LogP contribution in [0.25, 0.3) is 0 Å². The molecule has 1 aliphatic carbocycles. The van der Waals surface area contributed by atoms with E-state index in [9.17, 15) is 9.59 Å². The third-order valence-corrected chi connectivity index (χ3v) is 3.54. The van der Waals surface area contributed by atoms with Crippen molar-refractivity contribution in [3.05, 3.63) is 11.6 Å². The Morgan fingerprint density at radius 2 is 2.16 bits per heavy atom. The van der Waals surface area contributed by atoms with Crippen LogP contribution in [0.3, 0.4) is 0 Å². The number of amides is 2. The lowest BCUT2D eigenvalue weighted by Crippen LogP contribution is -2.37. The first-order valence-electron chi connectivity index (χ1n) is 6.62. The summed E-state index contributed by atoms with van der Waals surface area (Å²) in [6, 6.07) is 0.0447. The van der Waals surface area contributed by atoms with Crippen LogP contribution < -0.4 is 5.32 Å². The molecule has 3 rings (SSSR count). The smallest absolute Gasteiger partial charge is 0.293 e. The number of rotatable bonds is 3. The van der Waals surface area contributed by atoms with E-state index in [1.165, 1.54) is 6.92 Å². The molecule has 2 fully saturated rings. The zero-order valence-electron chi connectivity index (χ0n) is 10.8. The Morgan fingerprint density at radius 3 is 2.84 bits per heavy atom. The van der Waals surface area contributed by atoms with Crippen molar-refractivity contribution in [1.82, 2.24) is 25.4 Å². The van der Waals surface area contributed by atoms with Gasteiger partial charge in [-0.25, -0.2) is 4.98 Å². The van der Waals surface area contributed by atoms with E-state index in [2.05, 4.69) is 20.5 Å². The van der Waals surface area contributed by atoms with Crippen LogP contribution in [-0.2, 0) is 4.79 Å². The highest BCUT2D eigenvalue weighted by molar-refractivity contribution is 5.90. The summed E-state index contributed by atoms with van der Waals surface area (Å²) in [6.07, 6.45) is 3.03. The molecule has 0 spiro atoms. The Labute approximate surface area is 110 Å². The van der Waals surface area contributed by atoms with Crippen molar-refractivity contribution in [1.29, 1.82) is 0 Å². The monoisotopic (exact) mass is 263 g/mol. The molecule has 19 heavy (non-hydrogen) atoms. The standard InChI is InChI=1S/C12H17N5O2/c1-7(18)13-9-4-5-17(6-9)12(19)11-14-10(15-16-11)8-2-3-8/h8-9H,2-6H2,1H3,(H,13,18)(H,14,15,16)/t9-/m0/s1. The van der Waals surface area contributed by atoms with Crippen LogP contribution in [0.4, 0.5) is 0 Å². The number of H-pyrrole nitrogens is 1. The summed E-state index contributed by atoms with van der Waals surface area (Å²) in [5.74, 6) is 1.30. The number of nitrogens with one attached hydrogen (secondary N) is 2. The Hall–Kier alpha value is -1.92. The van der Waals surface area contributed by atoms with Crippen molar-refractivity contribution >= 4 is 11.8 Å². The van der Waals surface area contributed by atoms with E-state index in [4.69, 9.17) is 0 Å². The van der Waals surface area contributed by atoms with Gasteiger partial charge in [0.25, 0.3) is 5.91 Å². The maximum atomic E-state index is 12.2. The minimum atomic E-state index is -0.156. The summed E-state index contributed by atoms with van der Waals surface area (Å²) in [4.78, 5) is 29.1. The number of nitrogens with zero attached hydrogens (tertiary/aromatic N) is 3. The van der Waals surface area contributed by atoms with Gasteiger partial charge in [0.1, 0.15) is 5.82 Å². The minimum absolute atomic E-state index is 0.0447. The van der Waals surface area contributed by atoms with Gasteiger partial charge in [0.2, 0.25) is 11.7 Å². The van der Waals surface area contributed by atoms with Gasteiger partial charge in [-0.05, 0) is 19.3 Å². The van der Waals surface area contributed by atoms with E-state index >= 15 is 0 Å². The lowest BCUT2D eigenvalue weighted by Gasteiger charge is -2.14. The van der Waals surface area contributed by atoms with Crippen molar-refractivity contribution in [2.24, 2.45) is 0 Å². The molecule has 7 nitrogen and oxygen atoms in total. The van der Waals surface area contributed by atoms with Crippen LogP contribution in [0.2, 0.25) is 0 Å². The predicted molar refractivity (Wildman–Crippen MR) is 66.5 cm³/mol. The van der Waals surface area contributed by atoms with Crippen LogP contribution in [0.5, 0.6) is 0 Å². The van der Waals surface area contributed by atoms with Crippen molar-refractivity contribution in [2.75, 3.05) is 13.1 Å². The molecule has 1 aliphatic heterocycles. The first-order chi connectivity index (χ1) is 9.13. The van der Waals surface area contributed by atoms with Crippen LogP contribution in [0.15, 0.2) is 0 Å². The highest BCUT2D eigenvalue weighted by Gasteiger charge is 2.32. The van der Waals surface area contributed by atoms with E-state index < -0.39 is 0 Å². The van der Waals surface area contributed by atoms with E-state index in [0.29, 0.717) is 19.0 Å². The number of hydrogen-bond acceptors (Lipinski definition) is 4. The summed E-state index contributed by atoms with van der Waals surface area (Å²) >= 11 is 0. The average Bonchev–Trinajstić information content (AvgIpc) is 2.92. The third kappa shape index (κ3) is 2.59. The predicted octanol–water partition coefficient (Wildman–Crippen LogP) is 0.0327. The maximum Gasteiger partial charge on any atom is 0.293 e. The second-order valence-corrected chi connectivity index (χ2v) is 5.26. The number of aromatic nitrogens is 3. The van der Waals surface area contributed by atoms with E-state index in [0.717, 1.165) is 25.1 Å². The minimum Gasteiger partial charge on any atom is -0.352 e. The molecular weight excluding hydrogens is 246 g/mol. The Balaban J connectivity index is 1.62. The maximum absolute atomic E-state index is 12.2. The molecular formula is C12H17N5O2. The van der Waals surface area contributed by atoms with E-state index in [1.54, 1.807) is 4.90 Å². The fraction of sp³-hybridized carbons (Fsp3) is 0.667. The molecule has 2 aliphatic rings. The molecule has 1 saturated heterocycles. The topological polar surface area (TPSA) is 91.0 Å². The van der Waals surface area contributed by atoms with Crippen LogP contribution in [0.1, 0.15) is 48.5 Å². The number of carbonyl (C=O) groups is 2. The fourth-order valence-electron chi connectivity index (χ4n) is 2.40. The largest absolute Gasteiger partial charge is 0.352 e. The summed E-state index contributed by atoms with van der Waals surface area (Å²) in [5, 5.41) is 9.66. The Kier molecular flexibility index (Phi) is 2.96. The van der Waals surface area contributed by atoms with Crippen LogP contribution in [-0.4, -0.2) is 51.0 Å². The molecule has 0 bridgehead atoms. The molecule has 1 atom stereocenters. The Morgan fingerprint density at radius 1 is 1.37 bits per heavy atom. The number of aromatic amines is 1. The molecule has 2 amide bonds. The summed E-state index contributed by atoms with van der Waals surface area (Å²) < 4.78 is 0. The zero-order chi connectivity index (χ0) is 13.4. The van der Waals surface area contributed by atoms with Gasteiger partial charge in [-0.1, -0.05) is 0 Å². The van der Waals surface area contributed by atoms with Gasteiger partial charge in [0.15, 0.2) is 0 Å². The third-order valence-electron chi connectivity index (χ3n) is 3.54. The summed E-state index contributed by atoms with van der Waals surface area (Å²) in [7, 11) is 0. The van der Waals surface area contributed by atoms with Crippen molar-refractivity contribution in [3.63, 3.8) is 0 Å². The van der Waals surface area contributed by atoms with Gasteiger partial charge < -0.3 is 10.2 Å². The molecule has 0 radical (unpaired) electrons. The van der Waals surface area contributed by atoms with Crippen LogP contribution in [0, 0.1) is 0 Å². The molecule has 0 unspecified atom stereocenters. The van der Waals surface area contributed by atoms with Crippen molar-refractivity contribution < 1.29 is 9.59 Å². The first-order valence-corrected chi connectivity index (χ1v) is 6.62. The Bertz CT molecular complexity index is 508. The van der Waals surface area contributed by atoms with Crippen molar-refractivity contribution in [3.8, 4) is 0 Å². The second kappa shape index (κ2) is 4.64. The lowest BCUT2D eigenvalue weighted by atomic mass is 10.3. The molecule has 2 heterocycles. The van der Waals surface area contributed by atoms with Gasteiger partial charge in [-0.2, -0.15) is 0 Å². The summed E-state index contributed by atoms with van der Waals surface area (Å²) in [6.45, 7) is 2.66. The SMILES string of the molecule is CC(=O)N[C@H]1CCN(C(=O)c2n[nH]c(C3CC3)n2)C1. The lowest BCUT2D eigenvalue weighted by molar-refractivity contribution is -0.119. The highest BCUT2D eigenvalue weighted by Crippen LogP contribution is 2.37. The van der Waals surface area contributed by atoms with Crippen molar-refractivity contribution in [2.45, 2.75) is 38.1 Å². The van der Waals surface area contributed by atoms with Gasteiger partial charge in [-0.3, -0.25) is 14.7 Å². The van der Waals surface area contributed by atoms with Gasteiger partial charge in [-0.15, -0.1) is 5.10 Å². The average molecular weight is 263 g/mol. The van der Waals surface area contributed by atoms with E-state index in [-0.39, 0.29) is 23.7 Å². The first kappa shape index (κ1) is 12.1. The molecule has 102 valence electrons. The number of hydrogen-bond donors (Lipinski definition) is 2. The second-order valence-electron chi connectivity index (χ2n) is 5.26. The number of likely N-dealkylation sites (tertiary alicyclic amines) is 1. The molecule has 7 heteroatoms. The normalized spacial score (nSPS) is 22.6. The van der Waals surface area contributed by atoms with Gasteiger partial charge in [0, 0.05) is 32.0 Å². The van der Waals surface area contributed by atoms with Gasteiger partial charge in [0.05, 0.1) is 0 Å². The molecule has 2 N–H and O–H groups in total.